The highest BCUT2D eigenvalue weighted by Gasteiger charge is 2.35. The fraction of sp³-hybridized carbons (Fsp3) is 0.318. The minimum Gasteiger partial charge on any atom is -0.497 e. The first-order valence-corrected chi connectivity index (χ1v) is 10.4. The molecule has 4 rings (SSSR count). The van der Waals surface area contributed by atoms with Gasteiger partial charge in [0.15, 0.2) is 5.82 Å². The molecular weight excluding hydrogens is 459 g/mol. The summed E-state index contributed by atoms with van der Waals surface area (Å²) in [6.45, 7) is 0.702. The molecule has 0 atom stereocenters. The molecule has 8 heteroatoms. The van der Waals surface area contributed by atoms with Crippen molar-refractivity contribution in [2.45, 2.75) is 25.3 Å². The molecule has 0 radical (unpaired) electrons. The summed E-state index contributed by atoms with van der Waals surface area (Å²) in [7, 11) is 1.62. The number of nitrogens with one attached hydrogen (secondary N) is 1. The number of alkyl halides is 2. The molecule has 2 aromatic carbocycles. The van der Waals surface area contributed by atoms with Gasteiger partial charge in [0.05, 0.1) is 17.1 Å². The number of halogens is 4. The van der Waals surface area contributed by atoms with E-state index in [1.807, 2.05) is 36.4 Å². The molecule has 1 fully saturated rings. The van der Waals surface area contributed by atoms with Crippen LogP contribution in [-0.4, -0.2) is 31.1 Å². The monoisotopic (exact) mass is 479 g/mol. The van der Waals surface area contributed by atoms with E-state index < -0.39 is 11.7 Å². The van der Waals surface area contributed by atoms with E-state index in [4.69, 9.17) is 4.74 Å². The van der Waals surface area contributed by atoms with E-state index in [1.54, 1.807) is 18.1 Å². The molecule has 0 amide bonds. The fourth-order valence-corrected chi connectivity index (χ4v) is 4.01. The number of benzene rings is 2. The molecule has 30 heavy (non-hydrogen) atoms. The van der Waals surface area contributed by atoms with Gasteiger partial charge in [-0.2, -0.15) is 0 Å². The fourth-order valence-electron chi connectivity index (χ4n) is 3.57. The lowest BCUT2D eigenvalue weighted by molar-refractivity contribution is -0.0221. The van der Waals surface area contributed by atoms with Crippen LogP contribution in [0.3, 0.4) is 0 Å². The van der Waals surface area contributed by atoms with Gasteiger partial charge in [-0.25, -0.2) is 18.2 Å². The molecule has 2 heterocycles. The van der Waals surface area contributed by atoms with Crippen LogP contribution in [0.25, 0.3) is 10.9 Å². The van der Waals surface area contributed by atoms with Gasteiger partial charge in [0.2, 0.25) is 0 Å². The van der Waals surface area contributed by atoms with E-state index in [0.29, 0.717) is 22.4 Å². The molecular formula is C22H21BrF3N3O. The average molecular weight is 480 g/mol. The lowest BCUT2D eigenvalue weighted by Gasteiger charge is -2.34. The number of hydrogen-bond donors (Lipinski definition) is 1. The van der Waals surface area contributed by atoms with Crippen LogP contribution in [0, 0.1) is 5.82 Å². The lowest BCUT2D eigenvalue weighted by atomic mass is 10.0. The first-order valence-electron chi connectivity index (χ1n) is 9.65. The van der Waals surface area contributed by atoms with Crippen LogP contribution in [0.1, 0.15) is 18.4 Å². The van der Waals surface area contributed by atoms with Crippen LogP contribution < -0.4 is 15.0 Å². The number of nitrogens with zero attached hydrogens (tertiary/aromatic N) is 2. The summed E-state index contributed by atoms with van der Waals surface area (Å²) in [5, 5.41) is 3.98. The molecule has 4 nitrogen and oxygen atoms in total. The Kier molecular flexibility index (Phi) is 5.77. The summed E-state index contributed by atoms with van der Waals surface area (Å²) < 4.78 is 47.7. The molecule has 1 N–H and O–H groups in total. The van der Waals surface area contributed by atoms with Crippen LogP contribution in [-0.2, 0) is 6.54 Å². The van der Waals surface area contributed by atoms with Crippen molar-refractivity contribution in [3.05, 3.63) is 58.3 Å². The van der Waals surface area contributed by atoms with E-state index in [9.17, 15) is 8.78 Å². The van der Waals surface area contributed by atoms with Crippen molar-refractivity contribution in [1.82, 2.24) is 4.98 Å². The highest BCUT2D eigenvalue weighted by molar-refractivity contribution is 9.10. The first-order chi connectivity index (χ1) is 14.4. The SMILES string of the molecule is COc1ccc(CNc2ccc3cc(Br)c(F)c(N4CCC(F)(F)CC4)c3n2)cc1. The normalized spacial score (nSPS) is 16.0. The standard InChI is InChI=1S/C22H21BrF3N3O/c1-30-16-5-2-14(3-6-16)13-27-18-7-4-15-12-17(23)19(24)21(20(15)28-18)29-10-8-22(25,26)9-11-29/h2-7,12H,8-11,13H2,1H3,(H,27,28). The third-order valence-electron chi connectivity index (χ3n) is 5.29. The minimum atomic E-state index is -2.70. The molecule has 1 aliphatic rings. The van der Waals surface area contributed by atoms with Crippen molar-refractivity contribution in [3.63, 3.8) is 0 Å². The maximum absolute atomic E-state index is 15.0. The largest absolute Gasteiger partial charge is 0.497 e. The zero-order valence-corrected chi connectivity index (χ0v) is 18.0. The first kappa shape index (κ1) is 20.8. The minimum absolute atomic E-state index is 0.0840. The Bertz CT molecular complexity index is 1050. The Morgan fingerprint density at radius 1 is 1.13 bits per heavy atom. The third-order valence-corrected chi connectivity index (χ3v) is 5.87. The summed E-state index contributed by atoms with van der Waals surface area (Å²) in [4.78, 5) is 6.28. The molecule has 0 bridgehead atoms. The summed E-state index contributed by atoms with van der Waals surface area (Å²) in [5.41, 5.74) is 1.77. The van der Waals surface area contributed by atoms with Gasteiger partial charge in [-0.15, -0.1) is 0 Å². The molecule has 0 unspecified atom stereocenters. The maximum atomic E-state index is 15.0. The van der Waals surface area contributed by atoms with Gasteiger partial charge in [0, 0.05) is 37.9 Å². The molecule has 1 aliphatic heterocycles. The lowest BCUT2D eigenvalue weighted by Crippen LogP contribution is -2.40. The molecule has 0 aliphatic carbocycles. The number of aromatic nitrogens is 1. The van der Waals surface area contributed by atoms with Crippen molar-refractivity contribution in [2.24, 2.45) is 0 Å². The van der Waals surface area contributed by atoms with Crippen LogP contribution in [0.15, 0.2) is 46.9 Å². The van der Waals surface area contributed by atoms with Crippen LogP contribution in [0.5, 0.6) is 5.75 Å². The van der Waals surface area contributed by atoms with Gasteiger partial charge >= 0.3 is 0 Å². The van der Waals surface area contributed by atoms with Gasteiger partial charge in [-0.1, -0.05) is 12.1 Å². The zero-order chi connectivity index (χ0) is 21.3. The number of piperidine rings is 1. The number of ether oxygens (including phenoxy) is 1. The van der Waals surface area contributed by atoms with Gasteiger partial charge in [-0.05, 0) is 51.8 Å². The number of rotatable bonds is 5. The summed E-state index contributed by atoms with van der Waals surface area (Å²) >= 11 is 3.24. The smallest absolute Gasteiger partial charge is 0.251 e. The number of anilines is 2. The second-order valence-corrected chi connectivity index (χ2v) is 8.19. The predicted molar refractivity (Wildman–Crippen MR) is 116 cm³/mol. The van der Waals surface area contributed by atoms with E-state index in [0.717, 1.165) is 16.7 Å². The van der Waals surface area contributed by atoms with Crippen LogP contribution in [0.2, 0.25) is 0 Å². The van der Waals surface area contributed by atoms with E-state index in [1.165, 1.54) is 0 Å². The van der Waals surface area contributed by atoms with Crippen molar-refractivity contribution < 1.29 is 17.9 Å². The zero-order valence-electron chi connectivity index (χ0n) is 16.4. The molecule has 0 spiro atoms. The number of pyridine rings is 1. The highest BCUT2D eigenvalue weighted by Crippen LogP contribution is 2.38. The quantitative estimate of drug-likeness (QED) is 0.487. The van der Waals surface area contributed by atoms with Crippen molar-refractivity contribution in [2.75, 3.05) is 30.4 Å². The van der Waals surface area contributed by atoms with E-state index >= 15 is 4.39 Å². The van der Waals surface area contributed by atoms with Gasteiger partial charge in [0.25, 0.3) is 5.92 Å². The van der Waals surface area contributed by atoms with E-state index in [2.05, 4.69) is 26.2 Å². The third kappa shape index (κ3) is 4.33. The number of hydrogen-bond acceptors (Lipinski definition) is 4. The Hall–Kier alpha value is -2.48. The highest BCUT2D eigenvalue weighted by atomic mass is 79.9. The van der Waals surface area contributed by atoms with Crippen LogP contribution >= 0.6 is 15.9 Å². The maximum Gasteiger partial charge on any atom is 0.251 e. The van der Waals surface area contributed by atoms with Crippen LogP contribution in [0.4, 0.5) is 24.7 Å². The summed E-state index contributed by atoms with van der Waals surface area (Å²) in [6, 6.07) is 13.0. The predicted octanol–water partition coefficient (Wildman–Crippen LogP) is 5.99. The summed E-state index contributed by atoms with van der Waals surface area (Å²) in [5.74, 6) is -1.82. The van der Waals surface area contributed by atoms with Gasteiger partial charge in [0.1, 0.15) is 17.3 Å². The summed E-state index contributed by atoms with van der Waals surface area (Å²) in [6.07, 6.45) is -0.592. The molecule has 3 aromatic rings. The number of methoxy groups -OCH3 is 1. The second kappa shape index (κ2) is 8.34. The van der Waals surface area contributed by atoms with Gasteiger partial charge < -0.3 is 15.0 Å². The Balaban J connectivity index is 1.62. The van der Waals surface area contributed by atoms with E-state index in [-0.39, 0.29) is 31.6 Å². The molecule has 1 saturated heterocycles. The molecule has 158 valence electrons. The number of fused-ring (bicyclic) bond motifs is 1. The Morgan fingerprint density at radius 3 is 2.50 bits per heavy atom. The van der Waals surface area contributed by atoms with Crippen molar-refractivity contribution in [3.8, 4) is 5.75 Å². The average Bonchev–Trinajstić information content (AvgIpc) is 2.74. The topological polar surface area (TPSA) is 37.4 Å². The molecule has 1 aromatic heterocycles. The Morgan fingerprint density at radius 2 is 1.83 bits per heavy atom. The Labute approximate surface area is 181 Å². The van der Waals surface area contributed by atoms with Crippen molar-refractivity contribution in [1.29, 1.82) is 0 Å². The van der Waals surface area contributed by atoms with Gasteiger partial charge in [-0.3, -0.25) is 0 Å². The second-order valence-electron chi connectivity index (χ2n) is 7.33. The van der Waals surface area contributed by atoms with Crippen molar-refractivity contribution >= 4 is 38.3 Å². The molecule has 0 saturated carbocycles.